The van der Waals surface area contributed by atoms with E-state index in [-0.39, 0.29) is 11.9 Å². The molecule has 1 heterocycles. The predicted molar refractivity (Wildman–Crippen MR) is 76.3 cm³/mol. The first-order chi connectivity index (χ1) is 9.38. The summed E-state index contributed by atoms with van der Waals surface area (Å²) in [5.41, 5.74) is 1.58. The van der Waals surface area contributed by atoms with Gasteiger partial charge < -0.3 is 5.32 Å². The number of piperidine rings is 1. The highest BCUT2D eigenvalue weighted by Crippen LogP contribution is 2.14. The Bertz CT molecular complexity index is 593. The van der Waals surface area contributed by atoms with E-state index in [0.29, 0.717) is 31.5 Å². The third kappa shape index (κ3) is 3.56. The zero-order valence-corrected chi connectivity index (χ0v) is 12.2. The number of rotatable bonds is 3. The number of aryl methyl sites for hydroxylation is 1. The zero-order chi connectivity index (χ0) is 14.8. The lowest BCUT2D eigenvalue weighted by Crippen LogP contribution is -2.48. The summed E-state index contributed by atoms with van der Waals surface area (Å²) in [7, 11) is -3.62. The monoisotopic (exact) mass is 297 g/mol. The second-order valence-electron chi connectivity index (χ2n) is 5.01. The third-order valence-electron chi connectivity index (χ3n) is 3.54. The molecular formula is C13H19N3O3S. The number of benzene rings is 1. The molecule has 1 aliphatic heterocycles. The van der Waals surface area contributed by atoms with Gasteiger partial charge >= 0.3 is 0 Å². The SMILES string of the molecule is Cc1ccccc1C(=O)NC1CCN(S(N)(=O)=O)CC1. The second kappa shape index (κ2) is 5.90. The van der Waals surface area contributed by atoms with Crippen molar-refractivity contribution in [2.24, 2.45) is 5.14 Å². The average Bonchev–Trinajstić information content (AvgIpc) is 2.38. The van der Waals surface area contributed by atoms with Gasteiger partial charge in [0.05, 0.1) is 0 Å². The van der Waals surface area contributed by atoms with Crippen LogP contribution in [0.2, 0.25) is 0 Å². The van der Waals surface area contributed by atoms with Crippen LogP contribution in [-0.4, -0.2) is 37.8 Å². The van der Waals surface area contributed by atoms with Crippen LogP contribution in [0, 0.1) is 6.92 Å². The minimum Gasteiger partial charge on any atom is -0.349 e. The van der Waals surface area contributed by atoms with Crippen LogP contribution >= 0.6 is 0 Å². The van der Waals surface area contributed by atoms with Crippen molar-refractivity contribution >= 4 is 16.1 Å². The maximum Gasteiger partial charge on any atom is 0.276 e. The maximum absolute atomic E-state index is 12.1. The molecule has 7 heteroatoms. The summed E-state index contributed by atoms with van der Waals surface area (Å²) < 4.78 is 23.6. The number of nitrogens with zero attached hydrogens (tertiary/aromatic N) is 1. The summed E-state index contributed by atoms with van der Waals surface area (Å²) in [5.74, 6) is -0.114. The molecule has 1 amide bonds. The normalized spacial score (nSPS) is 17.9. The fourth-order valence-electron chi connectivity index (χ4n) is 2.35. The highest BCUT2D eigenvalue weighted by Gasteiger charge is 2.26. The third-order valence-corrected chi connectivity index (χ3v) is 4.62. The minimum atomic E-state index is -3.62. The molecule has 1 aromatic rings. The molecule has 1 fully saturated rings. The number of nitrogens with one attached hydrogen (secondary N) is 1. The van der Waals surface area contributed by atoms with E-state index in [1.807, 2.05) is 25.1 Å². The summed E-state index contributed by atoms with van der Waals surface area (Å²) >= 11 is 0. The second-order valence-corrected chi connectivity index (χ2v) is 6.55. The van der Waals surface area contributed by atoms with Crippen molar-refractivity contribution in [3.8, 4) is 0 Å². The molecule has 0 atom stereocenters. The molecule has 20 heavy (non-hydrogen) atoms. The van der Waals surface area contributed by atoms with E-state index < -0.39 is 10.2 Å². The van der Waals surface area contributed by atoms with Crippen LogP contribution in [0.25, 0.3) is 0 Å². The molecule has 0 aliphatic carbocycles. The first kappa shape index (κ1) is 15.0. The molecule has 110 valence electrons. The largest absolute Gasteiger partial charge is 0.349 e. The molecular weight excluding hydrogens is 278 g/mol. The Labute approximate surface area is 119 Å². The maximum atomic E-state index is 12.1. The van der Waals surface area contributed by atoms with Crippen molar-refractivity contribution in [2.75, 3.05) is 13.1 Å². The van der Waals surface area contributed by atoms with Crippen LogP contribution in [0.1, 0.15) is 28.8 Å². The van der Waals surface area contributed by atoms with Crippen LogP contribution in [0.15, 0.2) is 24.3 Å². The molecule has 1 aliphatic rings. The molecule has 6 nitrogen and oxygen atoms in total. The summed E-state index contributed by atoms with van der Waals surface area (Å²) in [6.07, 6.45) is 1.15. The zero-order valence-electron chi connectivity index (χ0n) is 11.4. The molecule has 0 saturated carbocycles. The van der Waals surface area contributed by atoms with Crippen LogP contribution in [0.3, 0.4) is 0 Å². The van der Waals surface area contributed by atoms with E-state index in [1.165, 1.54) is 4.31 Å². The van der Waals surface area contributed by atoms with Crippen molar-refractivity contribution < 1.29 is 13.2 Å². The van der Waals surface area contributed by atoms with Crippen LogP contribution in [-0.2, 0) is 10.2 Å². The summed E-state index contributed by atoms with van der Waals surface area (Å²) in [5, 5.41) is 8.03. The summed E-state index contributed by atoms with van der Waals surface area (Å²) in [6.45, 7) is 2.58. The lowest BCUT2D eigenvalue weighted by molar-refractivity contribution is 0.0923. The fourth-order valence-corrected chi connectivity index (χ4v) is 3.07. The Morgan fingerprint density at radius 2 is 1.90 bits per heavy atom. The van der Waals surface area contributed by atoms with E-state index in [1.54, 1.807) is 6.07 Å². The molecule has 1 aromatic carbocycles. The lowest BCUT2D eigenvalue weighted by atomic mass is 10.0. The van der Waals surface area contributed by atoms with Gasteiger partial charge in [0, 0.05) is 24.7 Å². The van der Waals surface area contributed by atoms with Gasteiger partial charge in [-0.3, -0.25) is 4.79 Å². The van der Waals surface area contributed by atoms with Gasteiger partial charge in [0.25, 0.3) is 16.1 Å². The minimum absolute atomic E-state index is 0.0138. The number of carbonyl (C=O) groups excluding carboxylic acids is 1. The Kier molecular flexibility index (Phi) is 4.42. The van der Waals surface area contributed by atoms with E-state index in [0.717, 1.165) is 5.56 Å². The first-order valence-electron chi connectivity index (χ1n) is 6.52. The van der Waals surface area contributed by atoms with Crippen molar-refractivity contribution in [3.63, 3.8) is 0 Å². The molecule has 3 N–H and O–H groups in total. The Morgan fingerprint density at radius 3 is 2.45 bits per heavy atom. The van der Waals surface area contributed by atoms with Crippen molar-refractivity contribution in [2.45, 2.75) is 25.8 Å². The Balaban J connectivity index is 1.93. The van der Waals surface area contributed by atoms with Crippen molar-refractivity contribution in [3.05, 3.63) is 35.4 Å². The summed E-state index contributed by atoms with van der Waals surface area (Å²) in [6, 6.07) is 7.37. The van der Waals surface area contributed by atoms with E-state index in [9.17, 15) is 13.2 Å². The molecule has 0 unspecified atom stereocenters. The number of hydrogen-bond donors (Lipinski definition) is 2. The summed E-state index contributed by atoms with van der Waals surface area (Å²) in [4.78, 5) is 12.1. The number of nitrogens with two attached hydrogens (primary N) is 1. The van der Waals surface area contributed by atoms with Gasteiger partial charge in [-0.05, 0) is 31.4 Å². The van der Waals surface area contributed by atoms with Gasteiger partial charge in [0.15, 0.2) is 0 Å². The molecule has 0 aromatic heterocycles. The van der Waals surface area contributed by atoms with Gasteiger partial charge in [-0.1, -0.05) is 18.2 Å². The van der Waals surface area contributed by atoms with Gasteiger partial charge in [0.1, 0.15) is 0 Å². The van der Waals surface area contributed by atoms with Crippen molar-refractivity contribution in [1.29, 1.82) is 0 Å². The smallest absolute Gasteiger partial charge is 0.276 e. The van der Waals surface area contributed by atoms with E-state index in [4.69, 9.17) is 5.14 Å². The van der Waals surface area contributed by atoms with Crippen LogP contribution in [0.4, 0.5) is 0 Å². The van der Waals surface area contributed by atoms with Gasteiger partial charge in [0.2, 0.25) is 0 Å². The van der Waals surface area contributed by atoms with Gasteiger partial charge in [-0.2, -0.15) is 12.7 Å². The quantitative estimate of drug-likeness (QED) is 0.845. The van der Waals surface area contributed by atoms with Crippen LogP contribution in [0.5, 0.6) is 0 Å². The van der Waals surface area contributed by atoms with E-state index >= 15 is 0 Å². The highest BCUT2D eigenvalue weighted by molar-refractivity contribution is 7.86. The van der Waals surface area contributed by atoms with E-state index in [2.05, 4.69) is 5.32 Å². The van der Waals surface area contributed by atoms with Gasteiger partial charge in [-0.15, -0.1) is 0 Å². The predicted octanol–water partition coefficient (Wildman–Crippen LogP) is 0.393. The van der Waals surface area contributed by atoms with Crippen LogP contribution < -0.4 is 10.5 Å². The Hall–Kier alpha value is -1.44. The molecule has 2 rings (SSSR count). The fraction of sp³-hybridized carbons (Fsp3) is 0.462. The molecule has 0 bridgehead atoms. The number of amides is 1. The lowest BCUT2D eigenvalue weighted by Gasteiger charge is -2.30. The molecule has 0 radical (unpaired) electrons. The molecule has 0 spiro atoms. The highest BCUT2D eigenvalue weighted by atomic mass is 32.2. The van der Waals surface area contributed by atoms with Crippen molar-refractivity contribution in [1.82, 2.24) is 9.62 Å². The number of hydrogen-bond acceptors (Lipinski definition) is 3. The standard InChI is InChI=1S/C13H19N3O3S/c1-10-4-2-3-5-12(10)13(17)15-11-6-8-16(9-7-11)20(14,18)19/h2-5,11H,6-9H2,1H3,(H,15,17)(H2,14,18,19). The molecule has 1 saturated heterocycles. The van der Waals surface area contributed by atoms with Gasteiger partial charge in [-0.25, -0.2) is 5.14 Å². The first-order valence-corrected chi connectivity index (χ1v) is 8.02. The Morgan fingerprint density at radius 1 is 1.30 bits per heavy atom. The number of carbonyl (C=O) groups is 1. The topological polar surface area (TPSA) is 92.5 Å². The average molecular weight is 297 g/mol.